The lowest BCUT2D eigenvalue weighted by atomic mass is 10.1. The van der Waals surface area contributed by atoms with Gasteiger partial charge in [-0.25, -0.2) is 4.98 Å². The first-order chi connectivity index (χ1) is 15.0. The van der Waals surface area contributed by atoms with Gasteiger partial charge in [0, 0.05) is 12.2 Å². The van der Waals surface area contributed by atoms with E-state index in [1.165, 1.54) is 11.8 Å². The number of thioether (sulfide) groups is 1. The fourth-order valence-electron chi connectivity index (χ4n) is 3.38. The number of anilines is 1. The van der Waals surface area contributed by atoms with E-state index >= 15 is 0 Å². The van der Waals surface area contributed by atoms with Gasteiger partial charge in [0.2, 0.25) is 5.91 Å². The molecule has 4 rings (SSSR count). The summed E-state index contributed by atoms with van der Waals surface area (Å²) < 4.78 is 1.60. The SMILES string of the molecule is CCn1c(SC(C)C(=O)Nc2cccc(C#N)c2)nc2cc3ccccc3cc2c1=O. The lowest BCUT2D eigenvalue weighted by Crippen LogP contribution is -2.26. The van der Waals surface area contributed by atoms with Crippen LogP contribution in [0.15, 0.2) is 70.6 Å². The van der Waals surface area contributed by atoms with E-state index in [2.05, 4.69) is 11.4 Å². The summed E-state index contributed by atoms with van der Waals surface area (Å²) >= 11 is 1.24. The van der Waals surface area contributed by atoms with Crippen molar-refractivity contribution in [2.24, 2.45) is 0 Å². The maximum absolute atomic E-state index is 13.1. The summed E-state index contributed by atoms with van der Waals surface area (Å²) in [6.45, 7) is 4.11. The highest BCUT2D eigenvalue weighted by Gasteiger charge is 2.19. The van der Waals surface area contributed by atoms with E-state index < -0.39 is 5.25 Å². The maximum Gasteiger partial charge on any atom is 0.262 e. The first kappa shape index (κ1) is 20.6. The van der Waals surface area contributed by atoms with Crippen LogP contribution >= 0.6 is 11.8 Å². The molecule has 31 heavy (non-hydrogen) atoms. The van der Waals surface area contributed by atoms with Crippen LogP contribution in [0.5, 0.6) is 0 Å². The third-order valence-corrected chi connectivity index (χ3v) is 6.10. The summed E-state index contributed by atoms with van der Waals surface area (Å²) in [4.78, 5) is 30.5. The molecule has 0 aliphatic rings. The molecule has 1 unspecified atom stereocenters. The van der Waals surface area contributed by atoms with Crippen molar-refractivity contribution in [1.82, 2.24) is 9.55 Å². The van der Waals surface area contributed by atoms with Crippen molar-refractivity contribution in [2.45, 2.75) is 30.8 Å². The van der Waals surface area contributed by atoms with Crippen molar-refractivity contribution in [1.29, 1.82) is 5.26 Å². The lowest BCUT2D eigenvalue weighted by Gasteiger charge is -2.16. The average molecular weight is 429 g/mol. The predicted octanol–water partition coefficient (Wildman–Crippen LogP) is 4.56. The van der Waals surface area contributed by atoms with Gasteiger partial charge in [-0.3, -0.25) is 14.2 Å². The predicted molar refractivity (Wildman–Crippen MR) is 124 cm³/mol. The van der Waals surface area contributed by atoms with Crippen LogP contribution in [-0.2, 0) is 11.3 Å². The van der Waals surface area contributed by atoms with Crippen molar-refractivity contribution in [3.05, 3.63) is 76.6 Å². The Morgan fingerprint density at radius 2 is 1.90 bits per heavy atom. The van der Waals surface area contributed by atoms with E-state index in [4.69, 9.17) is 10.2 Å². The molecule has 0 saturated heterocycles. The number of carbonyl (C=O) groups is 1. The number of rotatable bonds is 5. The number of amides is 1. The fraction of sp³-hybridized carbons (Fsp3) is 0.167. The average Bonchev–Trinajstić information content (AvgIpc) is 2.78. The summed E-state index contributed by atoms with van der Waals surface area (Å²) in [5, 5.41) is 14.4. The first-order valence-corrected chi connectivity index (χ1v) is 10.8. The standard InChI is InChI=1S/C24H20N4O2S/c1-3-28-23(30)20-12-17-8-4-5-9-18(17)13-21(20)27-24(28)31-15(2)22(29)26-19-10-6-7-16(11-19)14-25/h4-13,15H,3H2,1-2H3,(H,26,29). The molecule has 1 heterocycles. The van der Waals surface area contributed by atoms with E-state index in [0.717, 1.165) is 10.8 Å². The third kappa shape index (κ3) is 4.16. The van der Waals surface area contributed by atoms with Crippen LogP contribution in [0.25, 0.3) is 21.7 Å². The molecule has 3 aromatic carbocycles. The number of hydrogen-bond donors (Lipinski definition) is 1. The molecule has 7 heteroatoms. The summed E-state index contributed by atoms with van der Waals surface area (Å²) in [5.41, 5.74) is 1.53. The van der Waals surface area contributed by atoms with Gasteiger partial charge in [0.25, 0.3) is 5.56 Å². The molecule has 0 aliphatic heterocycles. The number of nitrogens with zero attached hydrogens (tertiary/aromatic N) is 3. The number of nitrogens with one attached hydrogen (secondary N) is 1. The Hall–Kier alpha value is -3.63. The molecule has 4 aromatic rings. The largest absolute Gasteiger partial charge is 0.325 e. The van der Waals surface area contributed by atoms with Crippen molar-refractivity contribution < 1.29 is 4.79 Å². The van der Waals surface area contributed by atoms with Crippen LogP contribution in [0, 0.1) is 11.3 Å². The van der Waals surface area contributed by atoms with Crippen LogP contribution in [0.2, 0.25) is 0 Å². The van der Waals surface area contributed by atoms with Crippen molar-refractivity contribution >= 4 is 45.0 Å². The minimum absolute atomic E-state index is 0.116. The van der Waals surface area contributed by atoms with Crippen LogP contribution in [0.1, 0.15) is 19.4 Å². The molecule has 0 saturated carbocycles. The normalized spacial score (nSPS) is 11.9. The van der Waals surface area contributed by atoms with Crippen LogP contribution in [0.4, 0.5) is 5.69 Å². The van der Waals surface area contributed by atoms with Gasteiger partial charge < -0.3 is 5.32 Å². The molecule has 0 spiro atoms. The van der Waals surface area contributed by atoms with Gasteiger partial charge in [0.15, 0.2) is 5.16 Å². The number of fused-ring (bicyclic) bond motifs is 2. The quantitative estimate of drug-likeness (QED) is 0.286. The minimum Gasteiger partial charge on any atom is -0.325 e. The van der Waals surface area contributed by atoms with Crippen LogP contribution in [-0.4, -0.2) is 20.7 Å². The van der Waals surface area contributed by atoms with E-state index in [1.807, 2.05) is 43.3 Å². The summed E-state index contributed by atoms with van der Waals surface area (Å²) in [6, 6.07) is 20.4. The lowest BCUT2D eigenvalue weighted by molar-refractivity contribution is -0.115. The second kappa shape index (κ2) is 8.62. The topological polar surface area (TPSA) is 87.8 Å². The first-order valence-electron chi connectivity index (χ1n) is 9.91. The highest BCUT2D eigenvalue weighted by atomic mass is 32.2. The number of nitriles is 1. The number of carbonyl (C=O) groups excluding carboxylic acids is 1. The second-order valence-corrected chi connectivity index (χ2v) is 8.41. The zero-order valence-electron chi connectivity index (χ0n) is 17.1. The molecule has 1 atom stereocenters. The third-order valence-electron chi connectivity index (χ3n) is 5.01. The number of hydrogen-bond acceptors (Lipinski definition) is 5. The van der Waals surface area contributed by atoms with Gasteiger partial charge in [0.05, 0.1) is 27.8 Å². The van der Waals surface area contributed by atoms with Gasteiger partial charge in [-0.15, -0.1) is 0 Å². The molecule has 1 aromatic heterocycles. The van der Waals surface area contributed by atoms with E-state index in [1.54, 1.807) is 35.8 Å². The van der Waals surface area contributed by atoms with E-state index in [9.17, 15) is 9.59 Å². The zero-order chi connectivity index (χ0) is 22.0. The van der Waals surface area contributed by atoms with Gasteiger partial charge in [-0.2, -0.15) is 5.26 Å². The van der Waals surface area contributed by atoms with Crippen LogP contribution in [0.3, 0.4) is 0 Å². The van der Waals surface area contributed by atoms with Gasteiger partial charge >= 0.3 is 0 Å². The Balaban J connectivity index is 1.66. The van der Waals surface area contributed by atoms with Crippen molar-refractivity contribution in [3.63, 3.8) is 0 Å². The zero-order valence-corrected chi connectivity index (χ0v) is 17.9. The van der Waals surface area contributed by atoms with Gasteiger partial charge in [-0.05, 0) is 55.0 Å². The molecular weight excluding hydrogens is 408 g/mol. The van der Waals surface area contributed by atoms with Crippen LogP contribution < -0.4 is 10.9 Å². The Labute approximate surface area is 183 Å². The minimum atomic E-state index is -0.492. The van der Waals surface area contributed by atoms with Gasteiger partial charge in [-0.1, -0.05) is 42.1 Å². The Bertz CT molecular complexity index is 1400. The van der Waals surface area contributed by atoms with Gasteiger partial charge in [0.1, 0.15) is 0 Å². The Morgan fingerprint density at radius 3 is 2.61 bits per heavy atom. The highest BCUT2D eigenvalue weighted by Crippen LogP contribution is 2.26. The summed E-state index contributed by atoms with van der Waals surface area (Å²) in [5.74, 6) is -0.226. The fourth-order valence-corrected chi connectivity index (χ4v) is 4.35. The maximum atomic E-state index is 13.1. The smallest absolute Gasteiger partial charge is 0.262 e. The summed E-state index contributed by atoms with van der Waals surface area (Å²) in [6.07, 6.45) is 0. The molecular formula is C24H20N4O2S. The molecule has 0 fully saturated rings. The van der Waals surface area contributed by atoms with Crippen molar-refractivity contribution in [2.75, 3.05) is 5.32 Å². The molecule has 0 bridgehead atoms. The molecule has 154 valence electrons. The van der Waals surface area contributed by atoms with E-state index in [-0.39, 0.29) is 11.5 Å². The Kier molecular flexibility index (Phi) is 5.74. The molecule has 1 N–H and O–H groups in total. The second-order valence-electron chi connectivity index (χ2n) is 7.10. The molecule has 1 amide bonds. The summed E-state index contributed by atoms with van der Waals surface area (Å²) in [7, 11) is 0. The number of aromatic nitrogens is 2. The number of benzene rings is 3. The molecule has 0 aliphatic carbocycles. The highest BCUT2D eigenvalue weighted by molar-refractivity contribution is 8.00. The molecule has 0 radical (unpaired) electrons. The molecule has 6 nitrogen and oxygen atoms in total. The monoisotopic (exact) mass is 428 g/mol. The van der Waals surface area contributed by atoms with Crippen molar-refractivity contribution in [3.8, 4) is 6.07 Å². The Morgan fingerprint density at radius 1 is 1.16 bits per heavy atom. The van der Waals surface area contributed by atoms with E-state index in [0.29, 0.717) is 33.9 Å².